The van der Waals surface area contributed by atoms with Gasteiger partial charge in [-0.3, -0.25) is 4.90 Å². The number of benzene rings is 2. The molecule has 5 heteroatoms. The molecule has 2 aromatic carbocycles. The van der Waals surface area contributed by atoms with E-state index < -0.39 is 5.97 Å². The van der Waals surface area contributed by atoms with Crippen LogP contribution in [-0.4, -0.2) is 39.7 Å². The monoisotopic (exact) mass is 442 g/mol. The molecule has 0 unspecified atom stereocenters. The second-order valence-corrected chi connectivity index (χ2v) is 9.48. The molecule has 170 valence electrons. The Morgan fingerprint density at radius 1 is 1.30 bits per heavy atom. The summed E-state index contributed by atoms with van der Waals surface area (Å²) >= 11 is 0. The van der Waals surface area contributed by atoms with Gasteiger partial charge < -0.3 is 14.8 Å². The molecular formula is C28H30N2O3. The number of ether oxygens (including phenoxy) is 1. The SMILES string of the molecule is C#CCc1cc(C)c2[nH]ccc2c1CN1CC[C@]2(CCCO2)C[C@H]1c1ccc(C(=O)O)cc1. The second kappa shape index (κ2) is 8.70. The molecule has 2 atom stereocenters. The van der Waals surface area contributed by atoms with Crippen LogP contribution in [0.2, 0.25) is 0 Å². The minimum absolute atomic E-state index is 0.0645. The van der Waals surface area contributed by atoms with Crippen molar-refractivity contribution >= 4 is 16.9 Å². The van der Waals surface area contributed by atoms with E-state index in [9.17, 15) is 9.90 Å². The summed E-state index contributed by atoms with van der Waals surface area (Å²) in [6, 6.07) is 11.9. The van der Waals surface area contributed by atoms with Gasteiger partial charge in [0.1, 0.15) is 0 Å². The predicted octanol–water partition coefficient (Wildman–Crippen LogP) is 5.24. The molecule has 0 aliphatic carbocycles. The van der Waals surface area contributed by atoms with Crippen LogP contribution in [0.4, 0.5) is 0 Å². The van der Waals surface area contributed by atoms with E-state index in [0.29, 0.717) is 12.0 Å². The fourth-order valence-electron chi connectivity index (χ4n) is 5.76. The fraction of sp³-hybridized carbons (Fsp3) is 0.393. The molecule has 3 heterocycles. The minimum Gasteiger partial charge on any atom is -0.478 e. The van der Waals surface area contributed by atoms with Crippen LogP contribution in [0.15, 0.2) is 42.6 Å². The Kier molecular flexibility index (Phi) is 5.74. The first-order chi connectivity index (χ1) is 16.0. The van der Waals surface area contributed by atoms with Gasteiger partial charge >= 0.3 is 5.97 Å². The van der Waals surface area contributed by atoms with Gasteiger partial charge in [0.2, 0.25) is 0 Å². The van der Waals surface area contributed by atoms with Crippen molar-refractivity contribution in [3.05, 3.63) is 70.4 Å². The third kappa shape index (κ3) is 4.06. The Morgan fingerprint density at radius 2 is 2.12 bits per heavy atom. The highest BCUT2D eigenvalue weighted by atomic mass is 16.5. The summed E-state index contributed by atoms with van der Waals surface area (Å²) in [5, 5.41) is 10.6. The van der Waals surface area contributed by atoms with Crippen LogP contribution in [0.3, 0.4) is 0 Å². The number of nitrogens with zero attached hydrogens (tertiary/aromatic N) is 1. The number of aromatic carboxylic acids is 1. The van der Waals surface area contributed by atoms with Gasteiger partial charge in [0.15, 0.2) is 0 Å². The molecule has 2 saturated heterocycles. The zero-order valence-electron chi connectivity index (χ0n) is 19.1. The largest absolute Gasteiger partial charge is 0.478 e. The molecule has 2 aliphatic rings. The normalized spacial score (nSPS) is 23.2. The molecule has 0 bridgehead atoms. The van der Waals surface area contributed by atoms with Crippen molar-refractivity contribution in [3.63, 3.8) is 0 Å². The number of aromatic nitrogens is 1. The molecule has 1 spiro atoms. The Bertz CT molecular complexity index is 1210. The number of aryl methyl sites for hydroxylation is 1. The second-order valence-electron chi connectivity index (χ2n) is 9.48. The molecule has 0 radical (unpaired) electrons. The van der Waals surface area contributed by atoms with Crippen LogP contribution in [0.1, 0.15) is 64.3 Å². The third-order valence-corrected chi connectivity index (χ3v) is 7.49. The zero-order chi connectivity index (χ0) is 23.0. The van der Waals surface area contributed by atoms with Crippen LogP contribution in [0.25, 0.3) is 10.9 Å². The molecular weight excluding hydrogens is 412 g/mol. The summed E-state index contributed by atoms with van der Waals surface area (Å²) in [5.74, 6) is 1.94. The number of hydrogen-bond acceptors (Lipinski definition) is 3. The Labute approximate surface area is 194 Å². The van der Waals surface area contributed by atoms with Gasteiger partial charge in [0.25, 0.3) is 0 Å². The number of nitrogens with one attached hydrogen (secondary N) is 1. The number of hydrogen-bond donors (Lipinski definition) is 2. The van der Waals surface area contributed by atoms with Crippen LogP contribution >= 0.6 is 0 Å². The van der Waals surface area contributed by atoms with Gasteiger partial charge in [-0.1, -0.05) is 18.2 Å². The van der Waals surface area contributed by atoms with E-state index >= 15 is 0 Å². The number of carboxylic acids is 1. The number of carbonyl (C=O) groups is 1. The van der Waals surface area contributed by atoms with E-state index in [2.05, 4.69) is 34.9 Å². The lowest BCUT2D eigenvalue weighted by atomic mass is 9.81. The van der Waals surface area contributed by atoms with Crippen LogP contribution in [0.5, 0.6) is 0 Å². The smallest absolute Gasteiger partial charge is 0.335 e. The fourth-order valence-corrected chi connectivity index (χ4v) is 5.76. The van der Waals surface area contributed by atoms with Gasteiger partial charge in [-0.25, -0.2) is 4.79 Å². The lowest BCUT2D eigenvalue weighted by Crippen LogP contribution is -2.45. The summed E-state index contributed by atoms with van der Waals surface area (Å²) in [6.45, 7) is 4.68. The van der Waals surface area contributed by atoms with Crippen LogP contribution in [-0.2, 0) is 17.7 Å². The molecule has 1 aromatic heterocycles. The minimum atomic E-state index is -0.897. The number of rotatable bonds is 5. The number of H-pyrrole nitrogens is 1. The van der Waals surface area contributed by atoms with E-state index in [4.69, 9.17) is 11.2 Å². The highest BCUT2D eigenvalue weighted by molar-refractivity contribution is 5.88. The summed E-state index contributed by atoms with van der Waals surface area (Å²) in [7, 11) is 0. The maximum absolute atomic E-state index is 11.4. The van der Waals surface area contributed by atoms with Crippen molar-refractivity contribution in [3.8, 4) is 12.3 Å². The average Bonchev–Trinajstić information content (AvgIpc) is 3.48. The highest BCUT2D eigenvalue weighted by Gasteiger charge is 2.43. The van der Waals surface area contributed by atoms with E-state index in [0.717, 1.165) is 50.9 Å². The zero-order valence-corrected chi connectivity index (χ0v) is 19.1. The molecule has 2 fully saturated rings. The van der Waals surface area contributed by atoms with Crippen molar-refractivity contribution in [1.82, 2.24) is 9.88 Å². The van der Waals surface area contributed by atoms with Crippen LogP contribution < -0.4 is 0 Å². The molecule has 2 aliphatic heterocycles. The maximum atomic E-state index is 11.4. The topological polar surface area (TPSA) is 65.6 Å². The number of aromatic amines is 1. The first-order valence-electron chi connectivity index (χ1n) is 11.7. The lowest BCUT2D eigenvalue weighted by Gasteiger charge is -2.45. The quantitative estimate of drug-likeness (QED) is 0.531. The summed E-state index contributed by atoms with van der Waals surface area (Å²) in [5.41, 5.74) is 6.26. The maximum Gasteiger partial charge on any atom is 0.335 e. The van der Waals surface area contributed by atoms with E-state index in [1.54, 1.807) is 12.1 Å². The van der Waals surface area contributed by atoms with Crippen molar-refractivity contribution in [2.45, 2.75) is 57.2 Å². The van der Waals surface area contributed by atoms with Gasteiger partial charge in [-0.15, -0.1) is 12.3 Å². The van der Waals surface area contributed by atoms with Gasteiger partial charge in [-0.2, -0.15) is 0 Å². The first-order valence-corrected chi connectivity index (χ1v) is 11.7. The number of terminal acetylenes is 1. The van der Waals surface area contributed by atoms with E-state index in [1.165, 1.54) is 27.6 Å². The standard InChI is InChI=1S/C28H30N2O3/c1-3-5-22-16-19(2)26-23(10-13-29-26)24(22)18-30-14-12-28(11-4-15-33-28)17-25(30)20-6-8-21(9-7-20)27(31)32/h1,6-10,13,16,25,29H,4-5,11-12,14-15,17-18H2,2H3,(H,31,32)/t25-,28+/m0/s1. The number of carboxylic acid groups (broad SMARTS) is 1. The van der Waals surface area contributed by atoms with Crippen molar-refractivity contribution in [2.75, 3.05) is 13.2 Å². The molecule has 5 nitrogen and oxygen atoms in total. The molecule has 3 aromatic rings. The highest BCUT2D eigenvalue weighted by Crippen LogP contribution is 2.45. The van der Waals surface area contributed by atoms with Crippen molar-refractivity contribution in [1.29, 1.82) is 0 Å². The lowest BCUT2D eigenvalue weighted by molar-refractivity contribution is -0.0675. The summed E-state index contributed by atoms with van der Waals surface area (Å²) < 4.78 is 6.28. The molecule has 0 amide bonds. The molecule has 0 saturated carbocycles. The molecule has 5 rings (SSSR count). The number of likely N-dealkylation sites (tertiary alicyclic amines) is 1. The first kappa shape index (κ1) is 21.8. The number of piperidine rings is 1. The van der Waals surface area contributed by atoms with Gasteiger partial charge in [0.05, 0.1) is 11.2 Å². The van der Waals surface area contributed by atoms with Crippen LogP contribution in [0, 0.1) is 19.3 Å². The summed E-state index contributed by atoms with van der Waals surface area (Å²) in [4.78, 5) is 17.3. The van der Waals surface area contributed by atoms with E-state index in [1.807, 2.05) is 18.3 Å². The van der Waals surface area contributed by atoms with Crippen molar-refractivity contribution < 1.29 is 14.6 Å². The molecule has 2 N–H and O–H groups in total. The Hall–Kier alpha value is -3.07. The van der Waals surface area contributed by atoms with Gasteiger partial charge in [-0.05, 0) is 73.1 Å². The summed E-state index contributed by atoms with van der Waals surface area (Å²) in [6.07, 6.45) is 12.5. The molecule has 33 heavy (non-hydrogen) atoms. The van der Waals surface area contributed by atoms with E-state index in [-0.39, 0.29) is 11.6 Å². The predicted molar refractivity (Wildman–Crippen MR) is 129 cm³/mol. The third-order valence-electron chi connectivity index (χ3n) is 7.49. The Morgan fingerprint density at radius 3 is 2.82 bits per heavy atom. The van der Waals surface area contributed by atoms with Gasteiger partial charge in [0, 0.05) is 49.3 Å². The number of fused-ring (bicyclic) bond motifs is 1. The average molecular weight is 443 g/mol. The van der Waals surface area contributed by atoms with Crippen molar-refractivity contribution in [2.24, 2.45) is 0 Å². The Balaban J connectivity index is 1.53.